The highest BCUT2D eigenvalue weighted by Crippen LogP contribution is 2.23. The van der Waals surface area contributed by atoms with Crippen molar-refractivity contribution in [2.75, 3.05) is 0 Å². The van der Waals surface area contributed by atoms with Gasteiger partial charge in [0.05, 0.1) is 5.56 Å². The van der Waals surface area contributed by atoms with E-state index in [1.165, 1.54) is 0 Å². The lowest BCUT2D eigenvalue weighted by molar-refractivity contribution is 0.112. The largest absolute Gasteiger partial charge is 0.507 e. The van der Waals surface area contributed by atoms with Gasteiger partial charge in [-0.25, -0.2) is 0 Å². The van der Waals surface area contributed by atoms with Gasteiger partial charge < -0.3 is 5.11 Å². The molecule has 2 heteroatoms. The van der Waals surface area contributed by atoms with Gasteiger partial charge in [0.2, 0.25) is 0 Å². The van der Waals surface area contributed by atoms with Crippen LogP contribution < -0.4 is 0 Å². The van der Waals surface area contributed by atoms with E-state index in [4.69, 9.17) is 0 Å². The maximum Gasteiger partial charge on any atom is 0.153 e. The number of benzene rings is 2. The molecule has 2 rings (SSSR count). The predicted molar refractivity (Wildman–Crippen MR) is 51.0 cm³/mol. The third kappa shape index (κ3) is 1.26. The number of fused-ring (bicyclic) bond motifs is 1. The van der Waals surface area contributed by atoms with Gasteiger partial charge in [-0.1, -0.05) is 24.3 Å². The molecular weight excluding hydrogens is 164 g/mol. The molecule has 0 amide bonds. The zero-order valence-electron chi connectivity index (χ0n) is 6.90. The highest BCUT2D eigenvalue weighted by atomic mass is 16.3. The molecule has 0 bridgehead atoms. The maximum atomic E-state index is 10.5. The van der Waals surface area contributed by atoms with E-state index in [0.717, 1.165) is 10.8 Å². The van der Waals surface area contributed by atoms with Crippen LogP contribution in [0.2, 0.25) is 0 Å². The average molecular weight is 172 g/mol. The first-order valence-corrected chi connectivity index (χ1v) is 3.98. The van der Waals surface area contributed by atoms with Crippen LogP contribution in [0.15, 0.2) is 36.4 Å². The molecule has 0 unspecified atom stereocenters. The van der Waals surface area contributed by atoms with Crippen molar-refractivity contribution < 1.29 is 9.90 Å². The summed E-state index contributed by atoms with van der Waals surface area (Å²) in [6.45, 7) is 0. The molecule has 0 aliphatic heterocycles. The number of aldehydes is 1. The van der Waals surface area contributed by atoms with Gasteiger partial charge in [0, 0.05) is 0 Å². The first-order chi connectivity index (χ1) is 6.31. The van der Waals surface area contributed by atoms with Gasteiger partial charge in [-0.2, -0.15) is 0 Å². The fourth-order valence-corrected chi connectivity index (χ4v) is 1.34. The molecule has 13 heavy (non-hydrogen) atoms. The second kappa shape index (κ2) is 2.90. The van der Waals surface area contributed by atoms with E-state index >= 15 is 0 Å². The Balaban J connectivity index is 2.81. The minimum Gasteiger partial charge on any atom is -0.507 e. The minimum atomic E-state index is 0.0358. The summed E-state index contributed by atoms with van der Waals surface area (Å²) in [7, 11) is 0. The van der Waals surface area contributed by atoms with E-state index in [-0.39, 0.29) is 5.75 Å². The number of phenolic OH excluding ortho intramolecular Hbond substituents is 1. The van der Waals surface area contributed by atoms with Gasteiger partial charge in [-0.15, -0.1) is 0 Å². The van der Waals surface area contributed by atoms with Crippen LogP contribution in [0.3, 0.4) is 0 Å². The lowest BCUT2D eigenvalue weighted by Crippen LogP contribution is -1.81. The molecule has 0 heterocycles. The van der Waals surface area contributed by atoms with E-state index in [1.807, 2.05) is 24.3 Å². The fraction of sp³-hybridized carbons (Fsp3) is 0. The van der Waals surface area contributed by atoms with Crippen LogP contribution in [0.4, 0.5) is 0 Å². The fourth-order valence-electron chi connectivity index (χ4n) is 1.34. The molecule has 0 aliphatic carbocycles. The maximum absolute atomic E-state index is 10.5. The van der Waals surface area contributed by atoms with Gasteiger partial charge in [-0.05, 0) is 22.9 Å². The van der Waals surface area contributed by atoms with Crippen LogP contribution in [0, 0.1) is 0 Å². The average Bonchev–Trinajstić information content (AvgIpc) is 2.17. The molecule has 2 aromatic carbocycles. The van der Waals surface area contributed by atoms with Crippen molar-refractivity contribution >= 4 is 17.1 Å². The summed E-state index contributed by atoms with van der Waals surface area (Å²) < 4.78 is 0. The van der Waals surface area contributed by atoms with Crippen molar-refractivity contribution in [2.45, 2.75) is 0 Å². The van der Waals surface area contributed by atoms with E-state index < -0.39 is 0 Å². The van der Waals surface area contributed by atoms with Crippen LogP contribution in [-0.2, 0) is 0 Å². The van der Waals surface area contributed by atoms with Crippen LogP contribution in [-0.4, -0.2) is 11.4 Å². The van der Waals surface area contributed by atoms with Gasteiger partial charge in [0.25, 0.3) is 0 Å². The number of hydrogen-bond donors (Lipinski definition) is 1. The number of hydrogen-bond acceptors (Lipinski definition) is 2. The van der Waals surface area contributed by atoms with Crippen molar-refractivity contribution in [2.24, 2.45) is 0 Å². The van der Waals surface area contributed by atoms with Crippen molar-refractivity contribution in [3.63, 3.8) is 0 Å². The Morgan fingerprint density at radius 1 is 1.08 bits per heavy atom. The van der Waals surface area contributed by atoms with Gasteiger partial charge in [0.15, 0.2) is 6.29 Å². The summed E-state index contributed by atoms with van der Waals surface area (Å²) in [6.07, 6.45) is 0.655. The Bertz CT molecular complexity index is 461. The monoisotopic (exact) mass is 172 g/mol. The molecule has 1 N–H and O–H groups in total. The van der Waals surface area contributed by atoms with E-state index in [1.54, 1.807) is 12.1 Å². The molecule has 0 fully saturated rings. The predicted octanol–water partition coefficient (Wildman–Crippen LogP) is 2.36. The first-order valence-electron chi connectivity index (χ1n) is 3.98. The Morgan fingerprint density at radius 3 is 2.31 bits per heavy atom. The molecule has 0 spiro atoms. The van der Waals surface area contributed by atoms with Crippen LogP contribution in [0.25, 0.3) is 10.8 Å². The number of aromatic hydroxyl groups is 1. The van der Waals surface area contributed by atoms with Crippen molar-refractivity contribution in [1.29, 1.82) is 0 Å². The SMILES string of the molecule is O=Cc1cc2ccccc2cc1O. The zero-order valence-corrected chi connectivity index (χ0v) is 6.90. The Morgan fingerprint density at radius 2 is 1.69 bits per heavy atom. The Kier molecular flexibility index (Phi) is 1.74. The summed E-state index contributed by atoms with van der Waals surface area (Å²) in [5.74, 6) is 0.0358. The van der Waals surface area contributed by atoms with Crippen LogP contribution in [0.1, 0.15) is 10.4 Å². The van der Waals surface area contributed by atoms with E-state index in [9.17, 15) is 9.90 Å². The summed E-state index contributed by atoms with van der Waals surface area (Å²) in [5.41, 5.74) is 0.332. The molecule has 2 aromatic rings. The number of carbonyl (C=O) groups excluding carboxylic acids is 1. The van der Waals surface area contributed by atoms with Crippen molar-refractivity contribution in [3.05, 3.63) is 42.0 Å². The second-order valence-corrected chi connectivity index (χ2v) is 2.88. The molecule has 2 nitrogen and oxygen atoms in total. The zero-order chi connectivity index (χ0) is 9.26. The lowest BCUT2D eigenvalue weighted by Gasteiger charge is -2.00. The van der Waals surface area contributed by atoms with Crippen molar-refractivity contribution in [1.82, 2.24) is 0 Å². The third-order valence-corrected chi connectivity index (χ3v) is 2.02. The Labute approximate surface area is 75.4 Å². The number of phenols is 1. The topological polar surface area (TPSA) is 37.3 Å². The van der Waals surface area contributed by atoms with Gasteiger partial charge in [0.1, 0.15) is 5.75 Å². The summed E-state index contributed by atoms with van der Waals surface area (Å²) in [4.78, 5) is 10.5. The number of rotatable bonds is 1. The van der Waals surface area contributed by atoms with Gasteiger partial charge in [-0.3, -0.25) is 4.79 Å². The molecule has 0 aromatic heterocycles. The van der Waals surface area contributed by atoms with Crippen LogP contribution >= 0.6 is 0 Å². The minimum absolute atomic E-state index is 0.0358. The molecule has 0 atom stereocenters. The van der Waals surface area contributed by atoms with Gasteiger partial charge >= 0.3 is 0 Å². The first kappa shape index (κ1) is 7.80. The smallest absolute Gasteiger partial charge is 0.153 e. The van der Waals surface area contributed by atoms with E-state index in [0.29, 0.717) is 11.8 Å². The number of carbonyl (C=O) groups is 1. The summed E-state index contributed by atoms with van der Waals surface area (Å²) in [5, 5.41) is 11.3. The summed E-state index contributed by atoms with van der Waals surface area (Å²) in [6, 6.07) is 10.9. The quantitative estimate of drug-likeness (QED) is 0.670. The second-order valence-electron chi connectivity index (χ2n) is 2.88. The van der Waals surface area contributed by atoms with Crippen LogP contribution in [0.5, 0.6) is 5.75 Å². The standard InChI is InChI=1S/C11H8O2/c12-7-10-5-8-3-1-2-4-9(8)6-11(10)13/h1-7,13H. The molecule has 0 saturated carbocycles. The lowest BCUT2D eigenvalue weighted by atomic mass is 10.1. The third-order valence-electron chi connectivity index (χ3n) is 2.02. The van der Waals surface area contributed by atoms with E-state index in [2.05, 4.69) is 0 Å². The normalized spacial score (nSPS) is 10.2. The molecular formula is C11H8O2. The molecule has 64 valence electrons. The highest BCUT2D eigenvalue weighted by molar-refractivity contribution is 5.91. The molecule has 0 radical (unpaired) electrons. The molecule has 0 saturated heterocycles. The summed E-state index contributed by atoms with van der Waals surface area (Å²) >= 11 is 0. The Hall–Kier alpha value is -1.83. The highest BCUT2D eigenvalue weighted by Gasteiger charge is 2.01. The van der Waals surface area contributed by atoms with Crippen molar-refractivity contribution in [3.8, 4) is 5.75 Å². The molecule has 0 aliphatic rings.